The number of nitrogens with one attached hydrogen (secondary N) is 1. The Labute approximate surface area is 210 Å². The summed E-state index contributed by atoms with van der Waals surface area (Å²) in [7, 11) is 0. The quantitative estimate of drug-likeness (QED) is 0.358. The van der Waals surface area contributed by atoms with Gasteiger partial charge in [-0.25, -0.2) is 9.78 Å². The topological polar surface area (TPSA) is 86.8 Å². The number of halogens is 4. The van der Waals surface area contributed by atoms with Crippen LogP contribution in [0.5, 0.6) is 11.6 Å². The van der Waals surface area contributed by atoms with Gasteiger partial charge in [0.05, 0.1) is 30.4 Å². The van der Waals surface area contributed by atoms with Crippen LogP contribution in [-0.4, -0.2) is 36.1 Å². The van der Waals surface area contributed by atoms with Gasteiger partial charge in [-0.1, -0.05) is 41.9 Å². The van der Waals surface area contributed by atoms with E-state index >= 15 is 0 Å². The first-order valence-electron chi connectivity index (χ1n) is 10.8. The number of alkyl halides is 3. The van der Waals surface area contributed by atoms with Gasteiger partial charge in [0, 0.05) is 6.20 Å². The molecule has 0 aliphatic carbocycles. The molecule has 0 spiro atoms. The highest BCUT2D eigenvalue weighted by Crippen LogP contribution is 2.36. The molecule has 1 heterocycles. The lowest BCUT2D eigenvalue weighted by atomic mass is 10.2. The highest BCUT2D eigenvalue weighted by Gasteiger charge is 2.31. The molecule has 1 unspecified atom stereocenters. The summed E-state index contributed by atoms with van der Waals surface area (Å²) in [4.78, 5) is 29.4. The molecule has 1 atom stereocenters. The molecule has 1 aromatic heterocycles. The van der Waals surface area contributed by atoms with Crippen molar-refractivity contribution in [1.29, 1.82) is 0 Å². The van der Waals surface area contributed by atoms with Crippen LogP contribution < -0.4 is 10.1 Å². The Morgan fingerprint density at radius 1 is 1.08 bits per heavy atom. The zero-order valence-corrected chi connectivity index (χ0v) is 19.8. The molecule has 0 fully saturated rings. The molecule has 2 aromatic carbocycles. The van der Waals surface area contributed by atoms with Crippen LogP contribution in [0.25, 0.3) is 0 Å². The third-order valence-electron chi connectivity index (χ3n) is 4.75. The summed E-state index contributed by atoms with van der Waals surface area (Å²) in [6.45, 7) is 1.76. The molecule has 3 aromatic rings. The van der Waals surface area contributed by atoms with Crippen LogP contribution in [0.1, 0.15) is 28.4 Å². The Kier molecular flexibility index (Phi) is 9.26. The molecular formula is C25H22ClF3N2O5. The summed E-state index contributed by atoms with van der Waals surface area (Å²) in [5, 5.41) is 2.21. The molecular weight excluding hydrogens is 501 g/mol. The molecule has 0 radical (unpaired) electrons. The summed E-state index contributed by atoms with van der Waals surface area (Å²) in [5.41, 5.74) is -0.153. The molecule has 0 saturated heterocycles. The molecule has 1 amide bonds. The van der Waals surface area contributed by atoms with Crippen molar-refractivity contribution in [3.8, 4) is 11.6 Å². The van der Waals surface area contributed by atoms with Crippen molar-refractivity contribution in [1.82, 2.24) is 10.3 Å². The second kappa shape index (κ2) is 12.4. The molecule has 36 heavy (non-hydrogen) atoms. The Morgan fingerprint density at radius 3 is 2.50 bits per heavy atom. The minimum Gasteiger partial charge on any atom is -0.464 e. The van der Waals surface area contributed by atoms with Crippen molar-refractivity contribution < 1.29 is 37.0 Å². The zero-order chi connectivity index (χ0) is 26.1. The van der Waals surface area contributed by atoms with E-state index in [4.69, 9.17) is 25.8 Å². The summed E-state index contributed by atoms with van der Waals surface area (Å²) >= 11 is 5.95. The molecule has 0 bridgehead atoms. The van der Waals surface area contributed by atoms with E-state index < -0.39 is 29.7 Å². The van der Waals surface area contributed by atoms with Crippen LogP contribution in [0.2, 0.25) is 5.02 Å². The lowest BCUT2D eigenvalue weighted by Crippen LogP contribution is -2.45. The Hall–Kier alpha value is -3.63. The van der Waals surface area contributed by atoms with Crippen molar-refractivity contribution in [3.63, 3.8) is 0 Å². The number of amides is 1. The molecule has 0 saturated carbocycles. The predicted octanol–water partition coefficient (Wildman–Crippen LogP) is 5.42. The predicted molar refractivity (Wildman–Crippen MR) is 125 cm³/mol. The van der Waals surface area contributed by atoms with Crippen molar-refractivity contribution in [2.24, 2.45) is 0 Å². The number of hydrogen-bond acceptors (Lipinski definition) is 6. The fraction of sp³-hybridized carbons (Fsp3) is 0.240. The number of hydrogen-bond donors (Lipinski definition) is 1. The number of rotatable bonds is 10. The third kappa shape index (κ3) is 7.43. The van der Waals surface area contributed by atoms with Gasteiger partial charge in [0.15, 0.2) is 6.04 Å². The van der Waals surface area contributed by atoms with E-state index in [9.17, 15) is 22.8 Å². The highest BCUT2D eigenvalue weighted by atomic mass is 35.5. The van der Waals surface area contributed by atoms with Crippen molar-refractivity contribution >= 4 is 23.5 Å². The molecule has 0 aliphatic heterocycles. The van der Waals surface area contributed by atoms with Gasteiger partial charge < -0.3 is 19.5 Å². The van der Waals surface area contributed by atoms with E-state index in [1.54, 1.807) is 6.92 Å². The molecule has 11 heteroatoms. The summed E-state index contributed by atoms with van der Waals surface area (Å²) < 4.78 is 54.9. The Balaban J connectivity index is 1.74. The molecule has 190 valence electrons. The maximum absolute atomic E-state index is 13.0. The lowest BCUT2D eigenvalue weighted by molar-refractivity contribution is -0.147. The number of nitrogens with zero attached hydrogens (tertiary/aromatic N) is 1. The van der Waals surface area contributed by atoms with E-state index in [0.717, 1.165) is 17.7 Å². The number of pyridine rings is 1. The van der Waals surface area contributed by atoms with Crippen LogP contribution in [-0.2, 0) is 27.1 Å². The normalized spacial score (nSPS) is 12.0. The number of carbonyl (C=O) groups excluding carboxylic acids is 2. The zero-order valence-electron chi connectivity index (χ0n) is 19.0. The van der Waals surface area contributed by atoms with Crippen molar-refractivity contribution in [3.05, 3.63) is 88.6 Å². The standard InChI is InChI=1S/C25H22ClF3N2O5/c1-2-35-24(33)20(15-34-14-16-7-4-3-5-8-16)31-22(32)18-9-6-12-30-23(18)36-21-11-10-17(13-19(21)26)25(27,28)29/h3-13,20H,2,14-15H2,1H3,(H,31,32). The van der Waals surface area contributed by atoms with Crippen molar-refractivity contribution in [2.45, 2.75) is 25.7 Å². The van der Waals surface area contributed by atoms with Gasteiger partial charge >= 0.3 is 12.1 Å². The first-order chi connectivity index (χ1) is 17.2. The van der Waals surface area contributed by atoms with E-state index in [1.165, 1.54) is 18.3 Å². The molecule has 0 aliphatic rings. The molecule has 1 N–H and O–H groups in total. The van der Waals surface area contributed by atoms with Crippen LogP contribution in [0, 0.1) is 0 Å². The van der Waals surface area contributed by atoms with Crippen LogP contribution in [0.4, 0.5) is 13.2 Å². The third-order valence-corrected chi connectivity index (χ3v) is 5.05. The van der Waals surface area contributed by atoms with Crippen molar-refractivity contribution in [2.75, 3.05) is 13.2 Å². The first kappa shape index (κ1) is 27.0. The van der Waals surface area contributed by atoms with Crippen LogP contribution in [0.3, 0.4) is 0 Å². The minimum atomic E-state index is -4.58. The van der Waals surface area contributed by atoms with Crippen LogP contribution >= 0.6 is 11.6 Å². The lowest BCUT2D eigenvalue weighted by Gasteiger charge is -2.18. The minimum absolute atomic E-state index is 0.0779. The van der Waals surface area contributed by atoms with Gasteiger partial charge in [0.2, 0.25) is 5.88 Å². The SMILES string of the molecule is CCOC(=O)C(COCc1ccccc1)NC(=O)c1cccnc1Oc1ccc(C(F)(F)F)cc1Cl. The van der Waals surface area contributed by atoms with Crippen LogP contribution in [0.15, 0.2) is 66.9 Å². The summed E-state index contributed by atoms with van der Waals surface area (Å²) in [5.74, 6) is -1.78. The first-order valence-corrected chi connectivity index (χ1v) is 11.2. The number of aromatic nitrogens is 1. The Bertz CT molecular complexity index is 1190. The second-order valence-corrected chi connectivity index (χ2v) is 7.79. The van der Waals surface area contributed by atoms with E-state index in [-0.39, 0.29) is 42.0 Å². The monoisotopic (exact) mass is 522 g/mol. The van der Waals surface area contributed by atoms with Gasteiger partial charge in [0.1, 0.15) is 11.3 Å². The van der Waals surface area contributed by atoms with E-state index in [2.05, 4.69) is 10.3 Å². The fourth-order valence-electron chi connectivity index (χ4n) is 3.03. The smallest absolute Gasteiger partial charge is 0.416 e. The average molecular weight is 523 g/mol. The second-order valence-electron chi connectivity index (χ2n) is 7.38. The highest BCUT2D eigenvalue weighted by molar-refractivity contribution is 6.32. The maximum Gasteiger partial charge on any atom is 0.416 e. The number of carbonyl (C=O) groups is 2. The summed E-state index contributed by atoms with van der Waals surface area (Å²) in [6, 6.07) is 13.5. The Morgan fingerprint density at radius 2 is 1.83 bits per heavy atom. The van der Waals surface area contributed by atoms with E-state index in [0.29, 0.717) is 6.07 Å². The summed E-state index contributed by atoms with van der Waals surface area (Å²) in [6.07, 6.45) is -3.25. The number of esters is 1. The average Bonchev–Trinajstić information content (AvgIpc) is 2.85. The van der Waals surface area contributed by atoms with Gasteiger partial charge in [-0.15, -0.1) is 0 Å². The molecule has 7 nitrogen and oxygen atoms in total. The number of ether oxygens (including phenoxy) is 3. The van der Waals surface area contributed by atoms with Gasteiger partial charge in [-0.05, 0) is 42.8 Å². The van der Waals surface area contributed by atoms with Gasteiger partial charge in [0.25, 0.3) is 5.91 Å². The largest absolute Gasteiger partial charge is 0.464 e. The van der Waals surface area contributed by atoms with Gasteiger partial charge in [-0.3, -0.25) is 4.79 Å². The van der Waals surface area contributed by atoms with E-state index in [1.807, 2.05) is 30.3 Å². The van der Waals surface area contributed by atoms with Gasteiger partial charge in [-0.2, -0.15) is 13.2 Å². The molecule has 3 rings (SSSR count). The maximum atomic E-state index is 13.0. The number of benzene rings is 2. The fourth-order valence-corrected chi connectivity index (χ4v) is 3.24.